The molecule has 2 aromatic rings. The molecule has 0 amide bonds. The first-order valence-corrected chi connectivity index (χ1v) is 6.45. The highest BCUT2D eigenvalue weighted by Crippen LogP contribution is 2.25. The van der Waals surface area contributed by atoms with Gasteiger partial charge in [-0.2, -0.15) is 0 Å². The monoisotopic (exact) mass is 230 g/mol. The van der Waals surface area contributed by atoms with Gasteiger partial charge in [-0.3, -0.25) is 0 Å². The predicted molar refractivity (Wildman–Crippen MR) is 78.7 cm³/mol. The molecule has 4 rings (SSSR count). The van der Waals surface area contributed by atoms with Gasteiger partial charge in [0.25, 0.3) is 0 Å². The van der Waals surface area contributed by atoms with E-state index in [-0.39, 0.29) is 0 Å². The summed E-state index contributed by atoms with van der Waals surface area (Å²) in [5, 5.41) is 5.58. The Morgan fingerprint density at radius 3 is 2.83 bits per heavy atom. The SMILES string of the molecule is Cc1cc2c(c3ccc4c(c13)CC=CC=4)C=CC=2. The van der Waals surface area contributed by atoms with Crippen molar-refractivity contribution < 1.29 is 0 Å². The average Bonchev–Trinajstić information content (AvgIpc) is 2.86. The average molecular weight is 230 g/mol. The molecule has 2 aliphatic carbocycles. The number of aryl methyl sites for hydroxylation is 1. The third kappa shape index (κ3) is 1.20. The molecule has 0 heterocycles. The summed E-state index contributed by atoms with van der Waals surface area (Å²) in [5.74, 6) is 0. The maximum absolute atomic E-state index is 2.32. The van der Waals surface area contributed by atoms with Gasteiger partial charge in [0.05, 0.1) is 0 Å². The highest BCUT2D eigenvalue weighted by Gasteiger charge is 2.11. The van der Waals surface area contributed by atoms with Crippen molar-refractivity contribution in [3.05, 3.63) is 63.6 Å². The van der Waals surface area contributed by atoms with E-state index in [1.807, 2.05) is 0 Å². The van der Waals surface area contributed by atoms with E-state index in [1.165, 1.54) is 37.9 Å². The summed E-state index contributed by atoms with van der Waals surface area (Å²) >= 11 is 0. The molecule has 0 fully saturated rings. The van der Waals surface area contributed by atoms with E-state index >= 15 is 0 Å². The van der Waals surface area contributed by atoms with Gasteiger partial charge in [-0.1, -0.05) is 54.7 Å². The number of allylic oxidation sites excluding steroid dienone is 3. The zero-order valence-electron chi connectivity index (χ0n) is 10.4. The molecule has 0 nitrogen and oxygen atoms in total. The van der Waals surface area contributed by atoms with Gasteiger partial charge in [0.1, 0.15) is 0 Å². The maximum atomic E-state index is 2.32. The molecular formula is C18H14. The Balaban J connectivity index is 2.28. The lowest BCUT2D eigenvalue weighted by molar-refractivity contribution is 1.24. The summed E-state index contributed by atoms with van der Waals surface area (Å²) in [6.45, 7) is 2.23. The molecule has 0 bridgehead atoms. The van der Waals surface area contributed by atoms with Crippen LogP contribution in [0.2, 0.25) is 0 Å². The molecule has 0 saturated carbocycles. The van der Waals surface area contributed by atoms with Crippen molar-refractivity contribution in [3.8, 4) is 0 Å². The van der Waals surface area contributed by atoms with Crippen LogP contribution < -0.4 is 10.4 Å². The molecule has 0 aliphatic heterocycles. The van der Waals surface area contributed by atoms with E-state index in [1.54, 1.807) is 0 Å². The van der Waals surface area contributed by atoms with E-state index < -0.39 is 0 Å². The summed E-state index contributed by atoms with van der Waals surface area (Å²) < 4.78 is 0. The summed E-state index contributed by atoms with van der Waals surface area (Å²) in [6.07, 6.45) is 14.2. The molecule has 86 valence electrons. The fraction of sp³-hybridized carbons (Fsp3) is 0.111. The fourth-order valence-electron chi connectivity index (χ4n) is 3.18. The molecule has 0 spiro atoms. The van der Waals surface area contributed by atoms with Crippen molar-refractivity contribution in [2.75, 3.05) is 0 Å². The summed E-state index contributed by atoms with van der Waals surface area (Å²) in [6, 6.07) is 6.85. The van der Waals surface area contributed by atoms with Gasteiger partial charge in [-0.25, -0.2) is 0 Å². The molecule has 0 atom stereocenters. The third-order valence-corrected chi connectivity index (χ3v) is 3.99. The number of fused-ring (bicyclic) bond motifs is 5. The van der Waals surface area contributed by atoms with Gasteiger partial charge in [-0.15, -0.1) is 0 Å². The Labute approximate surface area is 106 Å². The van der Waals surface area contributed by atoms with Crippen molar-refractivity contribution in [2.24, 2.45) is 0 Å². The van der Waals surface area contributed by atoms with E-state index in [9.17, 15) is 0 Å². The van der Waals surface area contributed by atoms with Crippen molar-refractivity contribution in [2.45, 2.75) is 13.3 Å². The lowest BCUT2D eigenvalue weighted by atomic mass is 9.91. The predicted octanol–water partition coefficient (Wildman–Crippen LogP) is 2.85. The van der Waals surface area contributed by atoms with Crippen molar-refractivity contribution in [1.29, 1.82) is 0 Å². The normalized spacial score (nSPS) is 15.2. The second-order valence-electron chi connectivity index (χ2n) is 5.08. The zero-order valence-corrected chi connectivity index (χ0v) is 10.4. The Bertz CT molecular complexity index is 846. The zero-order chi connectivity index (χ0) is 12.1. The van der Waals surface area contributed by atoms with Crippen molar-refractivity contribution in [1.82, 2.24) is 0 Å². The van der Waals surface area contributed by atoms with Crippen LogP contribution in [0.3, 0.4) is 0 Å². The lowest BCUT2D eigenvalue weighted by Crippen LogP contribution is -2.14. The molecule has 18 heavy (non-hydrogen) atoms. The molecule has 0 radical (unpaired) electrons. The van der Waals surface area contributed by atoms with Crippen LogP contribution in [-0.2, 0) is 6.42 Å². The fourth-order valence-corrected chi connectivity index (χ4v) is 3.18. The Morgan fingerprint density at radius 2 is 1.89 bits per heavy atom. The van der Waals surface area contributed by atoms with Gasteiger partial charge in [-0.05, 0) is 51.2 Å². The molecule has 0 saturated heterocycles. The van der Waals surface area contributed by atoms with Crippen molar-refractivity contribution in [3.63, 3.8) is 0 Å². The number of hydrogen-bond donors (Lipinski definition) is 0. The molecule has 0 heteroatoms. The van der Waals surface area contributed by atoms with E-state index in [2.05, 4.69) is 61.6 Å². The highest BCUT2D eigenvalue weighted by molar-refractivity contribution is 5.97. The van der Waals surface area contributed by atoms with Crippen LogP contribution in [0.25, 0.3) is 29.0 Å². The molecule has 0 N–H and O–H groups in total. The van der Waals surface area contributed by atoms with Gasteiger partial charge in [0, 0.05) is 0 Å². The van der Waals surface area contributed by atoms with Crippen LogP contribution in [0.15, 0.2) is 36.4 Å². The summed E-state index contributed by atoms with van der Waals surface area (Å²) in [5.41, 5.74) is 4.26. The Morgan fingerprint density at radius 1 is 1.00 bits per heavy atom. The van der Waals surface area contributed by atoms with Crippen LogP contribution >= 0.6 is 0 Å². The molecule has 0 unspecified atom stereocenters. The summed E-state index contributed by atoms with van der Waals surface area (Å²) in [4.78, 5) is 0. The van der Waals surface area contributed by atoms with E-state index in [0.29, 0.717) is 0 Å². The van der Waals surface area contributed by atoms with Gasteiger partial charge in [0.2, 0.25) is 0 Å². The minimum Gasteiger partial charge on any atom is -0.0801 e. The number of hydrogen-bond acceptors (Lipinski definition) is 0. The van der Waals surface area contributed by atoms with Crippen LogP contribution in [0.4, 0.5) is 0 Å². The third-order valence-electron chi connectivity index (χ3n) is 3.99. The quantitative estimate of drug-likeness (QED) is 0.653. The minimum absolute atomic E-state index is 1.05. The Hall–Kier alpha value is -2.08. The molecular weight excluding hydrogens is 216 g/mol. The van der Waals surface area contributed by atoms with Gasteiger partial charge < -0.3 is 0 Å². The topological polar surface area (TPSA) is 0 Å². The second kappa shape index (κ2) is 3.46. The number of benzene rings is 2. The minimum atomic E-state index is 1.05. The second-order valence-corrected chi connectivity index (χ2v) is 5.08. The first kappa shape index (κ1) is 9.90. The largest absolute Gasteiger partial charge is 0.0801 e. The van der Waals surface area contributed by atoms with E-state index in [0.717, 1.165) is 6.42 Å². The van der Waals surface area contributed by atoms with Crippen LogP contribution in [0.1, 0.15) is 16.7 Å². The van der Waals surface area contributed by atoms with Crippen molar-refractivity contribution >= 4 is 29.0 Å². The van der Waals surface area contributed by atoms with Gasteiger partial charge >= 0.3 is 0 Å². The van der Waals surface area contributed by atoms with Crippen LogP contribution in [0, 0.1) is 6.92 Å². The number of rotatable bonds is 0. The van der Waals surface area contributed by atoms with Crippen LogP contribution in [0.5, 0.6) is 0 Å². The summed E-state index contributed by atoms with van der Waals surface area (Å²) in [7, 11) is 0. The standard InChI is InChI=1S/C18H14/c1-12-11-14-6-4-8-15(14)17-10-9-13-5-2-3-7-16(13)18(12)17/h2-6,8-11H,7H2,1H3. The lowest BCUT2D eigenvalue weighted by Gasteiger charge is -2.13. The molecule has 0 aromatic heterocycles. The van der Waals surface area contributed by atoms with Gasteiger partial charge in [0.15, 0.2) is 0 Å². The Kier molecular flexibility index (Phi) is 1.90. The molecule has 2 aliphatic rings. The first-order valence-electron chi connectivity index (χ1n) is 6.45. The maximum Gasteiger partial charge on any atom is -0.00821 e. The first-order chi connectivity index (χ1) is 8.84. The smallest absolute Gasteiger partial charge is 0.00821 e. The van der Waals surface area contributed by atoms with E-state index in [4.69, 9.17) is 0 Å². The highest BCUT2D eigenvalue weighted by atomic mass is 14.1. The molecule has 2 aromatic carbocycles. The van der Waals surface area contributed by atoms with Crippen LogP contribution in [-0.4, -0.2) is 0 Å².